The zero-order chi connectivity index (χ0) is 16.7. The predicted molar refractivity (Wildman–Crippen MR) is 89.7 cm³/mol. The van der Waals surface area contributed by atoms with E-state index in [1.54, 1.807) is 12.1 Å². The molecular weight excluding hydrogens is 319 g/mol. The average Bonchev–Trinajstić information content (AvgIpc) is 2.81. The SMILES string of the molecule is CC(C)(Cc1ccc(C(F)(F)F)cc1)CN1CCC2(CSC2)C1. The molecule has 0 bridgehead atoms. The van der Waals surface area contributed by atoms with Crippen molar-refractivity contribution in [1.82, 2.24) is 4.90 Å². The van der Waals surface area contributed by atoms with Gasteiger partial charge in [0.15, 0.2) is 0 Å². The molecule has 23 heavy (non-hydrogen) atoms. The fourth-order valence-corrected chi connectivity index (χ4v) is 5.07. The van der Waals surface area contributed by atoms with Crippen LogP contribution in [0, 0.1) is 10.8 Å². The first kappa shape index (κ1) is 17.2. The van der Waals surface area contributed by atoms with Gasteiger partial charge in [-0.05, 0) is 42.5 Å². The molecule has 0 saturated carbocycles. The Hall–Kier alpha value is -0.680. The summed E-state index contributed by atoms with van der Waals surface area (Å²) in [4.78, 5) is 2.55. The van der Waals surface area contributed by atoms with Gasteiger partial charge in [-0.3, -0.25) is 0 Å². The number of halogens is 3. The lowest BCUT2D eigenvalue weighted by Crippen LogP contribution is -2.41. The molecule has 1 spiro atoms. The Kier molecular flexibility index (Phi) is 4.47. The molecule has 1 aromatic carbocycles. The van der Waals surface area contributed by atoms with E-state index in [9.17, 15) is 13.2 Å². The van der Waals surface area contributed by atoms with Crippen LogP contribution in [0.4, 0.5) is 13.2 Å². The second kappa shape index (κ2) is 5.99. The zero-order valence-electron chi connectivity index (χ0n) is 13.7. The van der Waals surface area contributed by atoms with E-state index < -0.39 is 11.7 Å². The van der Waals surface area contributed by atoms with Gasteiger partial charge >= 0.3 is 6.18 Å². The highest BCUT2D eigenvalue weighted by Crippen LogP contribution is 2.45. The number of hydrogen-bond acceptors (Lipinski definition) is 2. The van der Waals surface area contributed by atoms with Gasteiger partial charge in [0.05, 0.1) is 5.56 Å². The maximum Gasteiger partial charge on any atom is 0.416 e. The molecule has 128 valence electrons. The van der Waals surface area contributed by atoms with Crippen LogP contribution >= 0.6 is 11.8 Å². The predicted octanol–water partition coefficient (Wildman–Crippen LogP) is 4.71. The maximum atomic E-state index is 12.6. The van der Waals surface area contributed by atoms with Gasteiger partial charge in [-0.25, -0.2) is 0 Å². The number of likely N-dealkylation sites (tertiary alicyclic amines) is 1. The quantitative estimate of drug-likeness (QED) is 0.779. The first-order valence-corrected chi connectivity index (χ1v) is 9.29. The van der Waals surface area contributed by atoms with Gasteiger partial charge in [-0.15, -0.1) is 0 Å². The Labute approximate surface area is 140 Å². The summed E-state index contributed by atoms with van der Waals surface area (Å²) in [5.74, 6) is 2.59. The van der Waals surface area contributed by atoms with Crippen LogP contribution in [0.15, 0.2) is 24.3 Å². The Morgan fingerprint density at radius 1 is 1.13 bits per heavy atom. The summed E-state index contributed by atoms with van der Waals surface area (Å²) in [6.07, 6.45) is -2.14. The molecule has 3 rings (SSSR count). The van der Waals surface area contributed by atoms with E-state index >= 15 is 0 Å². The van der Waals surface area contributed by atoms with Crippen LogP contribution in [0.3, 0.4) is 0 Å². The summed E-state index contributed by atoms with van der Waals surface area (Å²) in [7, 11) is 0. The van der Waals surface area contributed by atoms with Crippen LogP contribution in [-0.2, 0) is 12.6 Å². The fraction of sp³-hybridized carbons (Fsp3) is 0.667. The highest BCUT2D eigenvalue weighted by Gasteiger charge is 2.44. The lowest BCUT2D eigenvalue weighted by molar-refractivity contribution is -0.137. The third-order valence-corrected chi connectivity index (χ3v) is 6.58. The van der Waals surface area contributed by atoms with E-state index in [4.69, 9.17) is 0 Å². The van der Waals surface area contributed by atoms with Crippen molar-refractivity contribution >= 4 is 11.8 Å². The topological polar surface area (TPSA) is 3.24 Å². The molecule has 2 aliphatic heterocycles. The molecule has 0 aliphatic carbocycles. The summed E-state index contributed by atoms with van der Waals surface area (Å²) in [6, 6.07) is 5.64. The summed E-state index contributed by atoms with van der Waals surface area (Å²) in [6.45, 7) is 7.80. The first-order valence-electron chi connectivity index (χ1n) is 8.14. The Morgan fingerprint density at radius 3 is 2.26 bits per heavy atom. The van der Waals surface area contributed by atoms with Crippen molar-refractivity contribution in [1.29, 1.82) is 0 Å². The minimum atomic E-state index is -4.25. The van der Waals surface area contributed by atoms with Crippen LogP contribution in [-0.4, -0.2) is 36.0 Å². The van der Waals surface area contributed by atoms with Crippen molar-refractivity contribution in [3.8, 4) is 0 Å². The normalized spacial score (nSPS) is 21.6. The van der Waals surface area contributed by atoms with E-state index in [0.29, 0.717) is 5.41 Å². The van der Waals surface area contributed by atoms with Crippen molar-refractivity contribution in [3.63, 3.8) is 0 Å². The van der Waals surface area contributed by atoms with E-state index in [1.165, 1.54) is 36.6 Å². The number of nitrogens with zero attached hydrogens (tertiary/aromatic N) is 1. The van der Waals surface area contributed by atoms with Crippen LogP contribution in [0.25, 0.3) is 0 Å². The number of thioether (sulfide) groups is 1. The molecule has 5 heteroatoms. The molecule has 1 nitrogen and oxygen atoms in total. The molecule has 2 heterocycles. The highest BCUT2D eigenvalue weighted by molar-refractivity contribution is 8.00. The Morgan fingerprint density at radius 2 is 1.78 bits per heavy atom. The molecule has 0 atom stereocenters. The number of rotatable bonds is 4. The molecule has 0 radical (unpaired) electrons. The van der Waals surface area contributed by atoms with Gasteiger partial charge in [-0.1, -0.05) is 26.0 Å². The number of hydrogen-bond donors (Lipinski definition) is 0. The van der Waals surface area contributed by atoms with Gasteiger partial charge < -0.3 is 4.90 Å². The van der Waals surface area contributed by atoms with Gasteiger partial charge in [0.2, 0.25) is 0 Å². The van der Waals surface area contributed by atoms with Gasteiger partial charge in [-0.2, -0.15) is 24.9 Å². The highest BCUT2D eigenvalue weighted by atomic mass is 32.2. The fourth-order valence-electron chi connectivity index (χ4n) is 3.81. The molecule has 0 amide bonds. The minimum absolute atomic E-state index is 0.0716. The van der Waals surface area contributed by atoms with Crippen LogP contribution < -0.4 is 0 Å². The summed E-state index contributed by atoms with van der Waals surface area (Å²) in [5.41, 5.74) is 1.05. The molecule has 0 N–H and O–H groups in total. The van der Waals surface area contributed by atoms with Crippen molar-refractivity contribution in [3.05, 3.63) is 35.4 Å². The minimum Gasteiger partial charge on any atom is -0.302 e. The average molecular weight is 343 g/mol. The first-order chi connectivity index (χ1) is 10.7. The zero-order valence-corrected chi connectivity index (χ0v) is 14.6. The molecule has 2 saturated heterocycles. The van der Waals surface area contributed by atoms with Crippen LogP contribution in [0.5, 0.6) is 0 Å². The molecule has 0 aromatic heterocycles. The smallest absolute Gasteiger partial charge is 0.302 e. The lowest BCUT2D eigenvalue weighted by atomic mass is 9.85. The summed E-state index contributed by atoms with van der Waals surface area (Å²) >= 11 is 2.04. The Balaban J connectivity index is 1.57. The lowest BCUT2D eigenvalue weighted by Gasteiger charge is -2.38. The van der Waals surface area contributed by atoms with Crippen molar-refractivity contribution in [2.75, 3.05) is 31.1 Å². The number of alkyl halides is 3. The van der Waals surface area contributed by atoms with Gasteiger partial charge in [0.1, 0.15) is 0 Å². The maximum absolute atomic E-state index is 12.6. The largest absolute Gasteiger partial charge is 0.416 e. The van der Waals surface area contributed by atoms with E-state index in [2.05, 4.69) is 18.7 Å². The van der Waals surface area contributed by atoms with Crippen molar-refractivity contribution in [2.45, 2.75) is 32.9 Å². The second-order valence-corrected chi connectivity index (χ2v) is 8.97. The van der Waals surface area contributed by atoms with Crippen molar-refractivity contribution in [2.24, 2.45) is 10.8 Å². The number of benzene rings is 1. The molecule has 2 fully saturated rings. The van der Waals surface area contributed by atoms with Gasteiger partial charge in [0, 0.05) is 30.0 Å². The third-order valence-electron chi connectivity index (χ3n) is 4.95. The van der Waals surface area contributed by atoms with E-state index in [0.717, 1.165) is 25.1 Å². The monoisotopic (exact) mass is 343 g/mol. The van der Waals surface area contributed by atoms with Crippen molar-refractivity contribution < 1.29 is 13.2 Å². The molecule has 0 unspecified atom stereocenters. The Bertz CT molecular complexity index is 546. The third kappa shape index (κ3) is 4.05. The molecule has 2 aliphatic rings. The summed E-state index contributed by atoms with van der Waals surface area (Å²) < 4.78 is 37.9. The van der Waals surface area contributed by atoms with Gasteiger partial charge in [0.25, 0.3) is 0 Å². The van der Waals surface area contributed by atoms with Crippen LogP contribution in [0.1, 0.15) is 31.4 Å². The van der Waals surface area contributed by atoms with E-state index in [-0.39, 0.29) is 5.41 Å². The molecule has 1 aromatic rings. The van der Waals surface area contributed by atoms with E-state index in [1.807, 2.05) is 11.8 Å². The summed E-state index contributed by atoms with van der Waals surface area (Å²) in [5, 5.41) is 0. The molecular formula is C18H24F3NS. The second-order valence-electron chi connectivity index (χ2n) is 7.99. The standard InChI is InChI=1S/C18H24F3NS/c1-16(2,10-22-8-7-17(11-22)12-23-13-17)9-14-3-5-15(6-4-14)18(19,20)21/h3-6H,7-13H2,1-2H3. The van der Waals surface area contributed by atoms with Crippen LogP contribution in [0.2, 0.25) is 0 Å².